The third kappa shape index (κ3) is 4.60. The number of halogens is 1. The van der Waals surface area contributed by atoms with E-state index in [2.05, 4.69) is 29.3 Å². The molecule has 0 radical (unpaired) electrons. The minimum absolute atomic E-state index is 0.0368. The van der Waals surface area contributed by atoms with Crippen LogP contribution in [0.3, 0.4) is 0 Å². The van der Waals surface area contributed by atoms with Crippen molar-refractivity contribution in [1.82, 2.24) is 4.90 Å². The maximum Gasteiger partial charge on any atom is 0.256 e. The zero-order valence-electron chi connectivity index (χ0n) is 16.9. The van der Waals surface area contributed by atoms with E-state index in [1.807, 2.05) is 48.5 Å². The molecule has 6 heteroatoms. The van der Waals surface area contributed by atoms with E-state index in [1.54, 1.807) is 11.3 Å². The molecule has 156 valence electrons. The normalized spacial score (nSPS) is 15.7. The minimum Gasteiger partial charge on any atom is -0.379 e. The number of thiophene rings is 1. The molecule has 4 nitrogen and oxygen atoms in total. The SMILES string of the molecule is CCc1cc([C@@H](c2ccccc2Cl)N2CCOCC2)c(NC(=O)c2ccccc2)s1. The standard InChI is InChI=1S/C24H25ClN2O2S/c1-2-18-16-20(24(30-18)26-23(28)17-8-4-3-5-9-17)22(27-12-14-29-15-13-27)19-10-6-7-11-21(19)25/h3-11,16,22H,2,12-15H2,1H3,(H,26,28)/t22-/m1/s1. The molecule has 1 saturated heterocycles. The van der Waals surface area contributed by atoms with Crippen LogP contribution in [0.5, 0.6) is 0 Å². The number of ether oxygens (including phenoxy) is 1. The number of benzene rings is 2. The van der Waals surface area contributed by atoms with Crippen molar-refractivity contribution >= 4 is 33.8 Å². The number of nitrogens with one attached hydrogen (secondary N) is 1. The third-order valence-electron chi connectivity index (χ3n) is 5.33. The Balaban J connectivity index is 1.75. The van der Waals surface area contributed by atoms with Crippen LogP contribution < -0.4 is 5.32 Å². The summed E-state index contributed by atoms with van der Waals surface area (Å²) >= 11 is 8.28. The molecule has 1 amide bonds. The molecule has 2 heterocycles. The van der Waals surface area contributed by atoms with Gasteiger partial charge in [-0.3, -0.25) is 9.69 Å². The van der Waals surface area contributed by atoms with Gasteiger partial charge in [0, 0.05) is 34.1 Å². The van der Waals surface area contributed by atoms with Gasteiger partial charge < -0.3 is 10.1 Å². The van der Waals surface area contributed by atoms with Crippen molar-refractivity contribution in [2.24, 2.45) is 0 Å². The largest absolute Gasteiger partial charge is 0.379 e. The molecule has 30 heavy (non-hydrogen) atoms. The fraction of sp³-hybridized carbons (Fsp3) is 0.292. The Bertz CT molecular complexity index is 999. The molecule has 1 atom stereocenters. The second kappa shape index (κ2) is 9.75. The zero-order valence-corrected chi connectivity index (χ0v) is 18.5. The predicted octanol–water partition coefficient (Wildman–Crippen LogP) is 5.64. The summed E-state index contributed by atoms with van der Waals surface area (Å²) in [5.74, 6) is -0.0961. The molecule has 0 saturated carbocycles. The van der Waals surface area contributed by atoms with Crippen molar-refractivity contribution < 1.29 is 9.53 Å². The van der Waals surface area contributed by atoms with E-state index in [1.165, 1.54) is 4.88 Å². The summed E-state index contributed by atoms with van der Waals surface area (Å²) < 4.78 is 5.59. The van der Waals surface area contributed by atoms with Gasteiger partial charge in [-0.1, -0.05) is 54.9 Å². The lowest BCUT2D eigenvalue weighted by Crippen LogP contribution is -2.39. The minimum atomic E-state index is -0.0961. The molecule has 0 spiro atoms. The number of aryl methyl sites for hydroxylation is 1. The van der Waals surface area contributed by atoms with Gasteiger partial charge in [0.15, 0.2) is 0 Å². The lowest BCUT2D eigenvalue weighted by molar-refractivity contribution is 0.0241. The maximum atomic E-state index is 12.9. The molecular formula is C24H25ClN2O2S. The molecule has 2 aromatic carbocycles. The van der Waals surface area contributed by atoms with Gasteiger partial charge in [0.25, 0.3) is 5.91 Å². The van der Waals surface area contributed by atoms with Gasteiger partial charge in [-0.25, -0.2) is 0 Å². The maximum absolute atomic E-state index is 12.9. The summed E-state index contributed by atoms with van der Waals surface area (Å²) in [6, 6.07) is 19.5. The number of morpholine rings is 1. The third-order valence-corrected chi connectivity index (χ3v) is 6.88. The highest BCUT2D eigenvalue weighted by molar-refractivity contribution is 7.16. The zero-order chi connectivity index (χ0) is 20.9. The van der Waals surface area contributed by atoms with Crippen molar-refractivity contribution in [3.8, 4) is 0 Å². The van der Waals surface area contributed by atoms with Crippen molar-refractivity contribution in [2.45, 2.75) is 19.4 Å². The van der Waals surface area contributed by atoms with Crippen LogP contribution in [0.25, 0.3) is 0 Å². The van der Waals surface area contributed by atoms with Crippen molar-refractivity contribution in [3.05, 3.63) is 87.3 Å². The Kier molecular flexibility index (Phi) is 6.85. The number of carbonyl (C=O) groups excluding carboxylic acids is 1. The first kappa shape index (κ1) is 21.1. The number of rotatable bonds is 6. The molecule has 3 aromatic rings. The number of hydrogen-bond acceptors (Lipinski definition) is 4. The van der Waals surface area contributed by atoms with Crippen LogP contribution in [0.4, 0.5) is 5.00 Å². The molecular weight excluding hydrogens is 416 g/mol. The predicted molar refractivity (Wildman–Crippen MR) is 124 cm³/mol. The van der Waals surface area contributed by atoms with Crippen LogP contribution in [0, 0.1) is 0 Å². The fourth-order valence-electron chi connectivity index (χ4n) is 3.79. The Morgan fingerprint density at radius 1 is 1.10 bits per heavy atom. The molecule has 1 fully saturated rings. The fourth-order valence-corrected chi connectivity index (χ4v) is 5.06. The average Bonchev–Trinajstić information content (AvgIpc) is 3.19. The van der Waals surface area contributed by atoms with E-state index in [0.717, 1.165) is 40.7 Å². The van der Waals surface area contributed by atoms with E-state index in [9.17, 15) is 4.79 Å². The molecule has 4 rings (SSSR count). The van der Waals surface area contributed by atoms with Crippen molar-refractivity contribution in [3.63, 3.8) is 0 Å². The van der Waals surface area contributed by atoms with Gasteiger partial charge in [0.2, 0.25) is 0 Å². The van der Waals surface area contributed by atoms with Gasteiger partial charge in [-0.05, 0) is 36.2 Å². The van der Waals surface area contributed by atoms with Crippen LogP contribution in [0.15, 0.2) is 60.7 Å². The average molecular weight is 441 g/mol. The van der Waals surface area contributed by atoms with E-state index < -0.39 is 0 Å². The van der Waals surface area contributed by atoms with Gasteiger partial charge in [0.1, 0.15) is 5.00 Å². The Labute approximate surface area is 186 Å². The van der Waals surface area contributed by atoms with Crippen LogP contribution in [0.1, 0.15) is 39.3 Å². The van der Waals surface area contributed by atoms with Gasteiger partial charge >= 0.3 is 0 Å². The molecule has 0 aliphatic carbocycles. The number of nitrogens with zero attached hydrogens (tertiary/aromatic N) is 1. The number of carbonyl (C=O) groups is 1. The first-order chi connectivity index (χ1) is 14.7. The van der Waals surface area contributed by atoms with Crippen LogP contribution >= 0.6 is 22.9 Å². The summed E-state index contributed by atoms with van der Waals surface area (Å²) in [4.78, 5) is 16.5. The second-order valence-corrected chi connectivity index (χ2v) is 8.79. The number of amides is 1. The summed E-state index contributed by atoms with van der Waals surface area (Å²) in [5, 5.41) is 4.79. The molecule has 1 aromatic heterocycles. The Morgan fingerprint density at radius 3 is 2.50 bits per heavy atom. The van der Waals surface area contributed by atoms with Gasteiger partial charge in [-0.2, -0.15) is 0 Å². The number of anilines is 1. The van der Waals surface area contributed by atoms with E-state index in [0.29, 0.717) is 18.8 Å². The second-order valence-electron chi connectivity index (χ2n) is 7.24. The summed E-state index contributed by atoms with van der Waals surface area (Å²) in [7, 11) is 0. The summed E-state index contributed by atoms with van der Waals surface area (Å²) in [5.41, 5.74) is 2.79. The van der Waals surface area contributed by atoms with E-state index in [4.69, 9.17) is 16.3 Å². The number of hydrogen-bond donors (Lipinski definition) is 1. The van der Waals surface area contributed by atoms with Crippen LogP contribution in [-0.2, 0) is 11.2 Å². The van der Waals surface area contributed by atoms with Gasteiger partial charge in [-0.15, -0.1) is 11.3 Å². The Morgan fingerprint density at radius 2 is 1.80 bits per heavy atom. The first-order valence-electron chi connectivity index (χ1n) is 10.2. The summed E-state index contributed by atoms with van der Waals surface area (Å²) in [6.45, 7) is 5.16. The molecule has 0 unspecified atom stereocenters. The molecule has 1 aliphatic rings. The van der Waals surface area contributed by atoms with Crippen LogP contribution in [0.2, 0.25) is 5.02 Å². The van der Waals surface area contributed by atoms with Crippen molar-refractivity contribution in [1.29, 1.82) is 0 Å². The molecule has 0 bridgehead atoms. The van der Waals surface area contributed by atoms with Crippen molar-refractivity contribution in [2.75, 3.05) is 31.6 Å². The van der Waals surface area contributed by atoms with E-state index >= 15 is 0 Å². The smallest absolute Gasteiger partial charge is 0.256 e. The summed E-state index contributed by atoms with van der Waals surface area (Å²) in [6.07, 6.45) is 0.914. The van der Waals surface area contributed by atoms with E-state index in [-0.39, 0.29) is 11.9 Å². The lowest BCUT2D eigenvalue weighted by atomic mass is 9.97. The molecule has 1 N–H and O–H groups in total. The monoisotopic (exact) mass is 440 g/mol. The highest BCUT2D eigenvalue weighted by atomic mass is 35.5. The first-order valence-corrected chi connectivity index (χ1v) is 11.4. The lowest BCUT2D eigenvalue weighted by Gasteiger charge is -2.35. The highest BCUT2D eigenvalue weighted by Gasteiger charge is 2.30. The topological polar surface area (TPSA) is 41.6 Å². The van der Waals surface area contributed by atoms with Crippen LogP contribution in [-0.4, -0.2) is 37.1 Å². The van der Waals surface area contributed by atoms with Gasteiger partial charge in [0.05, 0.1) is 19.3 Å². The highest BCUT2D eigenvalue weighted by Crippen LogP contribution is 2.41. The quantitative estimate of drug-likeness (QED) is 0.539. The molecule has 1 aliphatic heterocycles. The Hall–Kier alpha value is -2.18.